The van der Waals surface area contributed by atoms with Gasteiger partial charge in [-0.25, -0.2) is 4.98 Å². The zero-order valence-corrected chi connectivity index (χ0v) is 19.1. The first-order chi connectivity index (χ1) is 16.7. The minimum atomic E-state index is 0.457. The van der Waals surface area contributed by atoms with Gasteiger partial charge >= 0.3 is 0 Å². The quantitative estimate of drug-likeness (QED) is 0.419. The molecule has 0 atom stereocenters. The first-order valence-corrected chi connectivity index (χ1v) is 11.0. The second-order valence-corrected chi connectivity index (χ2v) is 7.75. The van der Waals surface area contributed by atoms with Gasteiger partial charge < -0.3 is 29.7 Å². The number of hydrogen-bond donors (Lipinski definition) is 2. The molecule has 0 amide bonds. The van der Waals surface area contributed by atoms with E-state index >= 15 is 0 Å². The average molecular weight is 459 g/mol. The lowest BCUT2D eigenvalue weighted by Gasteiger charge is -2.29. The van der Waals surface area contributed by atoms with Crippen LogP contribution in [0.1, 0.15) is 0 Å². The summed E-state index contributed by atoms with van der Waals surface area (Å²) < 4.78 is 16.5. The number of benzene rings is 2. The smallest absolute Gasteiger partial charge is 0.229 e. The van der Waals surface area contributed by atoms with Crippen molar-refractivity contribution in [1.82, 2.24) is 15.0 Å². The number of nitrogens with zero attached hydrogens (tertiary/aromatic N) is 4. The molecule has 2 aromatic carbocycles. The third-order valence-corrected chi connectivity index (χ3v) is 5.64. The zero-order chi connectivity index (χ0) is 23.3. The summed E-state index contributed by atoms with van der Waals surface area (Å²) in [6.07, 6.45) is 3.43. The molecule has 4 aromatic rings. The number of pyridine rings is 1. The van der Waals surface area contributed by atoms with E-state index in [0.717, 1.165) is 48.6 Å². The van der Waals surface area contributed by atoms with Crippen molar-refractivity contribution in [2.45, 2.75) is 0 Å². The summed E-state index contributed by atoms with van der Waals surface area (Å²) in [7, 11) is 3.22. The van der Waals surface area contributed by atoms with Crippen LogP contribution < -0.4 is 25.0 Å². The van der Waals surface area contributed by atoms with E-state index in [1.165, 1.54) is 5.69 Å². The van der Waals surface area contributed by atoms with Gasteiger partial charge in [-0.1, -0.05) is 0 Å². The summed E-state index contributed by atoms with van der Waals surface area (Å²) >= 11 is 0. The Balaban J connectivity index is 1.50. The molecule has 1 saturated heterocycles. The Kier molecular flexibility index (Phi) is 6.26. The monoisotopic (exact) mass is 458 g/mol. The van der Waals surface area contributed by atoms with E-state index in [9.17, 15) is 0 Å². The average Bonchev–Trinajstić information content (AvgIpc) is 2.89. The maximum absolute atomic E-state index is 5.51. The maximum Gasteiger partial charge on any atom is 0.229 e. The van der Waals surface area contributed by atoms with E-state index in [4.69, 9.17) is 24.2 Å². The molecule has 0 spiro atoms. The van der Waals surface area contributed by atoms with Gasteiger partial charge in [-0.15, -0.1) is 0 Å². The predicted octanol–water partition coefficient (Wildman–Crippen LogP) is 4.37. The molecule has 9 heteroatoms. The Morgan fingerprint density at radius 1 is 0.824 bits per heavy atom. The van der Waals surface area contributed by atoms with Crippen LogP contribution in [0.3, 0.4) is 0 Å². The molecule has 0 radical (unpaired) electrons. The van der Waals surface area contributed by atoms with Crippen LogP contribution in [0, 0.1) is 0 Å². The molecule has 2 aromatic heterocycles. The number of anilines is 5. The molecule has 0 saturated carbocycles. The topological polar surface area (TPSA) is 93.7 Å². The zero-order valence-electron chi connectivity index (χ0n) is 19.1. The molecule has 3 heterocycles. The summed E-state index contributed by atoms with van der Waals surface area (Å²) in [4.78, 5) is 15.8. The first-order valence-electron chi connectivity index (χ1n) is 11.0. The Morgan fingerprint density at radius 2 is 1.50 bits per heavy atom. The van der Waals surface area contributed by atoms with Gasteiger partial charge in [0, 0.05) is 54.0 Å². The summed E-state index contributed by atoms with van der Waals surface area (Å²) in [5.74, 6) is 2.32. The minimum Gasteiger partial charge on any atom is -0.493 e. The van der Waals surface area contributed by atoms with Crippen LogP contribution in [-0.2, 0) is 4.74 Å². The highest BCUT2D eigenvalue weighted by Gasteiger charge is 2.15. The Morgan fingerprint density at radius 3 is 2.21 bits per heavy atom. The molecule has 0 bridgehead atoms. The summed E-state index contributed by atoms with van der Waals surface area (Å²) in [5, 5.41) is 7.51. The number of nitrogens with one attached hydrogen (secondary N) is 2. The van der Waals surface area contributed by atoms with Gasteiger partial charge in [-0.2, -0.15) is 4.98 Å². The highest BCUT2D eigenvalue weighted by Crippen LogP contribution is 2.36. The SMILES string of the molecule is COc1cc2nc(Nc3ccncc3)nc(Nc3ccc(N4CCOCC4)cc3)c2cc1OC. The minimum absolute atomic E-state index is 0.457. The van der Waals surface area contributed by atoms with Gasteiger partial charge in [-0.3, -0.25) is 4.98 Å². The molecule has 0 aliphatic carbocycles. The van der Waals surface area contributed by atoms with Crippen LogP contribution in [0.5, 0.6) is 11.5 Å². The molecule has 0 unspecified atom stereocenters. The molecule has 1 aliphatic rings. The van der Waals surface area contributed by atoms with E-state index in [0.29, 0.717) is 23.3 Å². The number of aromatic nitrogens is 3. The van der Waals surface area contributed by atoms with Crippen molar-refractivity contribution in [3.8, 4) is 11.5 Å². The lowest BCUT2D eigenvalue weighted by molar-refractivity contribution is 0.122. The fourth-order valence-corrected chi connectivity index (χ4v) is 3.89. The fourth-order valence-electron chi connectivity index (χ4n) is 3.89. The molecule has 1 aliphatic heterocycles. The summed E-state index contributed by atoms with van der Waals surface area (Å²) in [5.41, 5.74) is 3.65. The van der Waals surface area contributed by atoms with Crippen molar-refractivity contribution >= 4 is 39.7 Å². The fraction of sp³-hybridized carbons (Fsp3) is 0.240. The van der Waals surface area contributed by atoms with Crippen molar-refractivity contribution in [3.63, 3.8) is 0 Å². The summed E-state index contributed by atoms with van der Waals surface area (Å²) in [6, 6.07) is 15.8. The highest BCUT2D eigenvalue weighted by molar-refractivity contribution is 5.94. The van der Waals surface area contributed by atoms with Crippen molar-refractivity contribution < 1.29 is 14.2 Å². The number of ether oxygens (including phenoxy) is 3. The Hall–Kier alpha value is -4.11. The van der Waals surface area contributed by atoms with Crippen LogP contribution >= 0.6 is 0 Å². The lowest BCUT2D eigenvalue weighted by Crippen LogP contribution is -2.36. The molecule has 5 rings (SSSR count). The second-order valence-electron chi connectivity index (χ2n) is 7.75. The molecule has 174 valence electrons. The largest absolute Gasteiger partial charge is 0.493 e. The van der Waals surface area contributed by atoms with Crippen molar-refractivity contribution in [2.75, 3.05) is 56.1 Å². The molecule has 9 nitrogen and oxygen atoms in total. The number of fused-ring (bicyclic) bond motifs is 1. The number of rotatable bonds is 7. The van der Waals surface area contributed by atoms with Crippen LogP contribution in [0.25, 0.3) is 10.9 Å². The normalized spacial score (nSPS) is 13.5. The third-order valence-electron chi connectivity index (χ3n) is 5.64. The van der Waals surface area contributed by atoms with Gasteiger partial charge in [0.1, 0.15) is 5.82 Å². The van der Waals surface area contributed by atoms with Gasteiger partial charge in [0.05, 0.1) is 33.0 Å². The number of morpholine rings is 1. The maximum atomic E-state index is 5.51. The van der Waals surface area contributed by atoms with Gasteiger partial charge in [0.2, 0.25) is 5.95 Å². The summed E-state index contributed by atoms with van der Waals surface area (Å²) in [6.45, 7) is 3.31. The van der Waals surface area contributed by atoms with Gasteiger partial charge in [-0.05, 0) is 42.5 Å². The third kappa shape index (κ3) is 4.65. The standard InChI is InChI=1S/C25H26N6O3/c1-32-22-15-20-21(16-23(22)33-2)29-25(28-18-7-9-26-10-8-18)30-24(20)27-17-3-5-19(6-4-17)31-11-13-34-14-12-31/h3-10,15-16H,11-14H2,1-2H3,(H2,26,27,28,29,30). The van der Waals surface area contributed by atoms with E-state index < -0.39 is 0 Å². The van der Waals surface area contributed by atoms with Crippen LogP contribution in [0.2, 0.25) is 0 Å². The predicted molar refractivity (Wildman–Crippen MR) is 133 cm³/mol. The molecule has 2 N–H and O–H groups in total. The van der Waals surface area contributed by atoms with Crippen molar-refractivity contribution in [2.24, 2.45) is 0 Å². The molecular weight excluding hydrogens is 432 g/mol. The van der Waals surface area contributed by atoms with E-state index in [1.807, 2.05) is 24.3 Å². The number of hydrogen-bond acceptors (Lipinski definition) is 9. The van der Waals surface area contributed by atoms with Crippen molar-refractivity contribution in [3.05, 3.63) is 60.9 Å². The van der Waals surface area contributed by atoms with Crippen LogP contribution in [0.4, 0.5) is 28.8 Å². The van der Waals surface area contributed by atoms with E-state index in [-0.39, 0.29) is 0 Å². The Labute approximate surface area is 197 Å². The van der Waals surface area contributed by atoms with E-state index in [2.05, 4.69) is 44.8 Å². The van der Waals surface area contributed by atoms with E-state index in [1.54, 1.807) is 26.6 Å². The van der Waals surface area contributed by atoms with Crippen LogP contribution in [-0.4, -0.2) is 55.5 Å². The first kappa shape index (κ1) is 21.7. The lowest BCUT2D eigenvalue weighted by atomic mass is 10.2. The molecular formula is C25H26N6O3. The van der Waals surface area contributed by atoms with Crippen molar-refractivity contribution in [1.29, 1.82) is 0 Å². The molecule has 34 heavy (non-hydrogen) atoms. The van der Waals surface area contributed by atoms with Gasteiger partial charge in [0.15, 0.2) is 11.5 Å². The van der Waals surface area contributed by atoms with Crippen LogP contribution in [0.15, 0.2) is 60.9 Å². The highest BCUT2D eigenvalue weighted by atomic mass is 16.5. The van der Waals surface area contributed by atoms with Gasteiger partial charge in [0.25, 0.3) is 0 Å². The number of methoxy groups -OCH3 is 2. The Bertz CT molecular complexity index is 1260. The molecule has 1 fully saturated rings. The second kappa shape index (κ2) is 9.80.